The molecular formula is C24H19Cl2FN4O3S. The Morgan fingerprint density at radius 3 is 2.46 bits per heavy atom. The average molecular weight is 533 g/mol. The van der Waals surface area contributed by atoms with Crippen molar-refractivity contribution in [2.24, 2.45) is 0 Å². The summed E-state index contributed by atoms with van der Waals surface area (Å²) in [6.45, 7) is 1.69. The van der Waals surface area contributed by atoms with Crippen LogP contribution in [-0.4, -0.2) is 26.2 Å². The number of thioether (sulfide) groups is 1. The van der Waals surface area contributed by atoms with E-state index in [1.807, 2.05) is 12.1 Å². The number of benzene rings is 3. The first-order valence-corrected chi connectivity index (χ1v) is 12.1. The van der Waals surface area contributed by atoms with E-state index in [9.17, 15) is 14.5 Å². The van der Waals surface area contributed by atoms with Crippen LogP contribution < -0.4 is 4.74 Å². The van der Waals surface area contributed by atoms with Gasteiger partial charge in [-0.1, -0.05) is 53.2 Å². The molecule has 180 valence electrons. The van der Waals surface area contributed by atoms with Crippen LogP contribution in [0.15, 0.2) is 71.9 Å². The van der Waals surface area contributed by atoms with Gasteiger partial charge in [0.15, 0.2) is 5.16 Å². The number of aromatic nitrogens is 3. The minimum atomic E-state index is -0.601. The molecule has 7 nitrogen and oxygen atoms in total. The molecular weight excluding hydrogens is 514 g/mol. The molecule has 0 fully saturated rings. The van der Waals surface area contributed by atoms with E-state index in [0.717, 1.165) is 5.56 Å². The van der Waals surface area contributed by atoms with Crippen molar-refractivity contribution in [3.05, 3.63) is 110 Å². The van der Waals surface area contributed by atoms with Gasteiger partial charge in [0.1, 0.15) is 29.2 Å². The Kier molecular flexibility index (Phi) is 7.90. The van der Waals surface area contributed by atoms with Crippen molar-refractivity contribution in [3.63, 3.8) is 0 Å². The highest BCUT2D eigenvalue weighted by atomic mass is 35.5. The minimum absolute atomic E-state index is 0.295. The quantitative estimate of drug-likeness (QED) is 0.135. The summed E-state index contributed by atoms with van der Waals surface area (Å²) < 4.78 is 20.9. The highest BCUT2D eigenvalue weighted by molar-refractivity contribution is 7.99. The van der Waals surface area contributed by atoms with Gasteiger partial charge in [-0.3, -0.25) is 14.7 Å². The van der Waals surface area contributed by atoms with E-state index in [4.69, 9.17) is 27.9 Å². The third kappa shape index (κ3) is 6.30. The van der Waals surface area contributed by atoms with Crippen LogP contribution in [0, 0.1) is 22.9 Å². The van der Waals surface area contributed by atoms with E-state index in [-0.39, 0.29) is 17.3 Å². The van der Waals surface area contributed by atoms with Gasteiger partial charge < -0.3 is 4.74 Å². The van der Waals surface area contributed by atoms with Gasteiger partial charge in [-0.05, 0) is 66.6 Å². The number of aryl methyl sites for hydroxylation is 1. The fraction of sp³-hybridized carbons (Fsp3) is 0.167. The number of hydrogen-bond acceptors (Lipinski definition) is 6. The monoisotopic (exact) mass is 532 g/mol. The fourth-order valence-corrected chi connectivity index (χ4v) is 4.89. The number of nitro groups is 1. The summed E-state index contributed by atoms with van der Waals surface area (Å²) in [5.74, 6) is 0.663. The Bertz CT molecular complexity index is 1330. The topological polar surface area (TPSA) is 83.1 Å². The SMILES string of the molecule is Cc1nnc(S[C@H](C[N+](=O)[O-])c2ccc(OCc3ccc(Cl)cc3)c(Cl)c2)n1-c1ccc(F)cc1. The summed E-state index contributed by atoms with van der Waals surface area (Å²) >= 11 is 13.6. The van der Waals surface area contributed by atoms with Crippen molar-refractivity contribution in [3.8, 4) is 11.4 Å². The summed E-state index contributed by atoms with van der Waals surface area (Å²) in [5.41, 5.74) is 2.22. The van der Waals surface area contributed by atoms with E-state index >= 15 is 0 Å². The molecule has 0 aliphatic carbocycles. The minimum Gasteiger partial charge on any atom is -0.487 e. The van der Waals surface area contributed by atoms with Crippen molar-refractivity contribution in [1.29, 1.82) is 0 Å². The molecule has 1 atom stereocenters. The second-order valence-corrected chi connectivity index (χ2v) is 9.58. The molecule has 0 bridgehead atoms. The third-order valence-corrected chi connectivity index (χ3v) is 6.81. The molecule has 0 radical (unpaired) electrons. The lowest BCUT2D eigenvalue weighted by molar-refractivity contribution is -0.479. The summed E-state index contributed by atoms with van der Waals surface area (Å²) in [4.78, 5) is 11.1. The van der Waals surface area contributed by atoms with Crippen molar-refractivity contribution in [2.75, 3.05) is 6.54 Å². The van der Waals surface area contributed by atoms with Crippen LogP contribution in [0.1, 0.15) is 22.2 Å². The van der Waals surface area contributed by atoms with Gasteiger partial charge in [-0.15, -0.1) is 10.2 Å². The molecule has 11 heteroatoms. The van der Waals surface area contributed by atoms with E-state index < -0.39 is 5.25 Å². The molecule has 3 aromatic carbocycles. The van der Waals surface area contributed by atoms with Crippen molar-refractivity contribution in [1.82, 2.24) is 14.8 Å². The first kappa shape index (κ1) is 25.0. The maximum atomic E-state index is 13.4. The van der Waals surface area contributed by atoms with Crippen LogP contribution in [-0.2, 0) is 6.61 Å². The van der Waals surface area contributed by atoms with Crippen LogP contribution >= 0.6 is 35.0 Å². The number of hydrogen-bond donors (Lipinski definition) is 0. The highest BCUT2D eigenvalue weighted by Crippen LogP contribution is 2.38. The lowest BCUT2D eigenvalue weighted by atomic mass is 10.1. The van der Waals surface area contributed by atoms with Crippen LogP contribution in [0.5, 0.6) is 5.75 Å². The smallest absolute Gasteiger partial charge is 0.220 e. The molecule has 0 amide bonds. The fourth-order valence-electron chi connectivity index (χ4n) is 3.36. The van der Waals surface area contributed by atoms with Gasteiger partial charge in [0.05, 0.1) is 5.02 Å². The summed E-state index contributed by atoms with van der Waals surface area (Å²) in [6, 6.07) is 18.2. The maximum Gasteiger partial charge on any atom is 0.220 e. The number of rotatable bonds is 9. The van der Waals surface area contributed by atoms with Crippen LogP contribution in [0.2, 0.25) is 10.0 Å². The first-order valence-electron chi connectivity index (χ1n) is 10.4. The van der Waals surface area contributed by atoms with Crippen molar-refractivity contribution < 1.29 is 14.1 Å². The molecule has 35 heavy (non-hydrogen) atoms. The van der Waals surface area contributed by atoms with Gasteiger partial charge >= 0.3 is 0 Å². The van der Waals surface area contributed by atoms with Gasteiger partial charge in [-0.2, -0.15) is 0 Å². The number of ether oxygens (including phenoxy) is 1. The number of nitrogens with zero attached hydrogens (tertiary/aromatic N) is 4. The Labute approximate surface area is 215 Å². The van der Waals surface area contributed by atoms with E-state index in [1.165, 1.54) is 23.9 Å². The Balaban J connectivity index is 1.56. The molecule has 0 spiro atoms. The predicted octanol–water partition coefficient (Wildman–Crippen LogP) is 6.71. The molecule has 1 heterocycles. The first-order chi connectivity index (χ1) is 16.8. The molecule has 0 unspecified atom stereocenters. The zero-order valence-electron chi connectivity index (χ0n) is 18.4. The highest BCUT2D eigenvalue weighted by Gasteiger charge is 2.24. The summed E-state index contributed by atoms with van der Waals surface area (Å²) in [6.07, 6.45) is 0. The lowest BCUT2D eigenvalue weighted by Gasteiger charge is -2.16. The molecule has 4 aromatic rings. The normalized spacial score (nSPS) is 11.9. The molecule has 0 aliphatic rings. The van der Waals surface area contributed by atoms with Crippen LogP contribution in [0.3, 0.4) is 0 Å². The van der Waals surface area contributed by atoms with Gasteiger partial charge in [-0.25, -0.2) is 4.39 Å². The Morgan fingerprint density at radius 1 is 1.09 bits per heavy atom. The molecule has 1 aromatic heterocycles. The lowest BCUT2D eigenvalue weighted by Crippen LogP contribution is -2.11. The zero-order chi connectivity index (χ0) is 24.9. The van der Waals surface area contributed by atoms with E-state index in [1.54, 1.807) is 54.0 Å². The van der Waals surface area contributed by atoms with Gasteiger partial charge in [0, 0.05) is 15.6 Å². The summed E-state index contributed by atoms with van der Waals surface area (Å²) in [7, 11) is 0. The number of halogens is 3. The zero-order valence-corrected chi connectivity index (χ0v) is 20.7. The molecule has 0 saturated heterocycles. The van der Waals surface area contributed by atoms with Crippen molar-refractivity contribution >= 4 is 35.0 Å². The Morgan fingerprint density at radius 2 is 1.80 bits per heavy atom. The molecule has 0 aliphatic heterocycles. The standard InChI is InChI=1S/C24H19Cl2FN4O3S/c1-15-28-29-24(31(15)20-9-7-19(27)8-10-20)35-23(13-30(32)33)17-4-11-22(21(26)12-17)34-14-16-2-5-18(25)6-3-16/h2-12,23H,13-14H2,1H3/t23-/m1/s1. The molecule has 0 N–H and O–H groups in total. The Hall–Kier alpha value is -3.14. The van der Waals surface area contributed by atoms with Crippen LogP contribution in [0.25, 0.3) is 5.69 Å². The maximum absolute atomic E-state index is 13.4. The van der Waals surface area contributed by atoms with Gasteiger partial charge in [0.25, 0.3) is 0 Å². The molecule has 4 rings (SSSR count). The van der Waals surface area contributed by atoms with Crippen molar-refractivity contribution in [2.45, 2.75) is 23.9 Å². The second kappa shape index (κ2) is 11.1. The predicted molar refractivity (Wildman–Crippen MR) is 134 cm³/mol. The third-order valence-electron chi connectivity index (χ3n) is 5.08. The second-order valence-electron chi connectivity index (χ2n) is 7.57. The largest absolute Gasteiger partial charge is 0.487 e. The van der Waals surface area contributed by atoms with E-state index in [0.29, 0.717) is 44.6 Å². The van der Waals surface area contributed by atoms with Crippen LogP contribution in [0.4, 0.5) is 4.39 Å². The molecule has 0 saturated carbocycles. The van der Waals surface area contributed by atoms with E-state index in [2.05, 4.69) is 10.2 Å². The van der Waals surface area contributed by atoms with Gasteiger partial charge in [0.2, 0.25) is 6.54 Å². The average Bonchev–Trinajstić information content (AvgIpc) is 3.19. The summed E-state index contributed by atoms with van der Waals surface area (Å²) in [5, 5.41) is 20.6.